The highest BCUT2D eigenvalue weighted by Gasteiger charge is 2.34. The molecule has 2 saturated heterocycles. The maximum atomic E-state index is 12.0. The zero-order valence-electron chi connectivity index (χ0n) is 12.5. The molecule has 7 heteroatoms. The quantitative estimate of drug-likeness (QED) is 0.645. The normalized spacial score (nSPS) is 19.6. The monoisotopic (exact) mass is 315 g/mol. The van der Waals surface area contributed by atoms with Gasteiger partial charge < -0.3 is 15.3 Å². The molecule has 1 aromatic carbocycles. The summed E-state index contributed by atoms with van der Waals surface area (Å²) in [4.78, 5) is 37.3. The van der Waals surface area contributed by atoms with Gasteiger partial charge in [0.15, 0.2) is 0 Å². The van der Waals surface area contributed by atoms with Crippen molar-refractivity contribution < 1.29 is 19.5 Å². The highest BCUT2D eigenvalue weighted by atomic mass is 16.4. The molecule has 2 N–H and O–H groups in total. The first kappa shape index (κ1) is 15.1. The standard InChI is InChI=1S/C16H17N3O4/c20-14(21)10-19-15(22)13(17-16(19)23)9-11-3-5-12(6-4-11)18-7-1-2-8-18/h3-6,9H,1-2,7-8,10H2,(H,17,23)(H,20,21)/b13-9+. The Balaban J connectivity index is 1.75. The van der Waals surface area contributed by atoms with Gasteiger partial charge in [0.1, 0.15) is 12.2 Å². The van der Waals surface area contributed by atoms with Crippen molar-refractivity contribution in [2.75, 3.05) is 24.5 Å². The van der Waals surface area contributed by atoms with Crippen molar-refractivity contribution in [1.29, 1.82) is 0 Å². The number of aliphatic carboxylic acids is 1. The maximum absolute atomic E-state index is 12.0. The van der Waals surface area contributed by atoms with Crippen molar-refractivity contribution in [2.24, 2.45) is 0 Å². The number of carboxylic acids is 1. The lowest BCUT2D eigenvalue weighted by Gasteiger charge is -2.17. The third kappa shape index (κ3) is 3.18. The van der Waals surface area contributed by atoms with E-state index in [1.165, 1.54) is 12.8 Å². The van der Waals surface area contributed by atoms with Crippen molar-refractivity contribution in [1.82, 2.24) is 10.2 Å². The van der Waals surface area contributed by atoms with E-state index in [9.17, 15) is 14.4 Å². The van der Waals surface area contributed by atoms with Gasteiger partial charge in [-0.15, -0.1) is 0 Å². The van der Waals surface area contributed by atoms with Gasteiger partial charge >= 0.3 is 12.0 Å². The number of carbonyl (C=O) groups is 3. The average molecular weight is 315 g/mol. The third-order valence-electron chi connectivity index (χ3n) is 3.93. The minimum atomic E-state index is -1.23. The van der Waals surface area contributed by atoms with E-state index in [4.69, 9.17) is 5.11 Å². The molecular weight excluding hydrogens is 298 g/mol. The number of urea groups is 1. The summed E-state index contributed by atoms with van der Waals surface area (Å²) in [5.41, 5.74) is 2.00. The molecule has 2 aliphatic rings. The number of carbonyl (C=O) groups excluding carboxylic acids is 2. The predicted molar refractivity (Wildman–Crippen MR) is 83.7 cm³/mol. The summed E-state index contributed by atoms with van der Waals surface area (Å²) in [5, 5.41) is 11.1. The number of carboxylic acid groups (broad SMARTS) is 1. The highest BCUT2D eigenvalue weighted by Crippen LogP contribution is 2.22. The number of amides is 3. The lowest BCUT2D eigenvalue weighted by Crippen LogP contribution is -2.35. The summed E-state index contributed by atoms with van der Waals surface area (Å²) in [6, 6.07) is 7.00. The third-order valence-corrected chi connectivity index (χ3v) is 3.93. The van der Waals surface area contributed by atoms with E-state index >= 15 is 0 Å². The minimum absolute atomic E-state index is 0.0881. The van der Waals surface area contributed by atoms with Crippen LogP contribution in [0.4, 0.5) is 10.5 Å². The first-order chi connectivity index (χ1) is 11.0. The van der Waals surface area contributed by atoms with Crippen LogP contribution in [0.3, 0.4) is 0 Å². The minimum Gasteiger partial charge on any atom is -0.480 e. The molecule has 0 saturated carbocycles. The molecule has 3 rings (SSSR count). The first-order valence-electron chi connectivity index (χ1n) is 7.46. The van der Waals surface area contributed by atoms with Crippen molar-refractivity contribution in [2.45, 2.75) is 12.8 Å². The highest BCUT2D eigenvalue weighted by molar-refractivity contribution is 6.15. The zero-order chi connectivity index (χ0) is 16.4. The Kier molecular flexibility index (Phi) is 4.01. The van der Waals surface area contributed by atoms with Gasteiger partial charge in [0, 0.05) is 18.8 Å². The second-order valence-corrected chi connectivity index (χ2v) is 5.56. The van der Waals surface area contributed by atoms with Gasteiger partial charge in [-0.05, 0) is 36.6 Å². The van der Waals surface area contributed by atoms with Crippen LogP contribution in [0.15, 0.2) is 30.0 Å². The lowest BCUT2D eigenvalue weighted by molar-refractivity contribution is -0.140. The SMILES string of the molecule is O=C(O)CN1C(=O)N/C(=C/c2ccc(N3CCCC3)cc2)C1=O. The Hall–Kier alpha value is -2.83. The summed E-state index contributed by atoms with van der Waals surface area (Å²) >= 11 is 0. The molecule has 3 amide bonds. The van der Waals surface area contributed by atoms with Crippen molar-refractivity contribution in [3.8, 4) is 0 Å². The molecule has 7 nitrogen and oxygen atoms in total. The Morgan fingerprint density at radius 2 is 1.83 bits per heavy atom. The van der Waals surface area contributed by atoms with Crippen LogP contribution in [-0.4, -0.2) is 47.5 Å². The number of benzene rings is 1. The van der Waals surface area contributed by atoms with E-state index in [1.807, 2.05) is 24.3 Å². The van der Waals surface area contributed by atoms with Gasteiger partial charge in [0.2, 0.25) is 0 Å². The lowest BCUT2D eigenvalue weighted by atomic mass is 10.1. The molecule has 0 unspecified atom stereocenters. The molecule has 0 spiro atoms. The smallest absolute Gasteiger partial charge is 0.329 e. The number of rotatable bonds is 4. The van der Waals surface area contributed by atoms with Crippen molar-refractivity contribution in [3.05, 3.63) is 35.5 Å². The van der Waals surface area contributed by atoms with Crippen LogP contribution >= 0.6 is 0 Å². The van der Waals surface area contributed by atoms with Crippen LogP contribution in [0, 0.1) is 0 Å². The number of nitrogens with zero attached hydrogens (tertiary/aromatic N) is 2. The zero-order valence-corrected chi connectivity index (χ0v) is 12.5. The first-order valence-corrected chi connectivity index (χ1v) is 7.46. The molecule has 2 fully saturated rings. The molecule has 0 radical (unpaired) electrons. The summed E-state index contributed by atoms with van der Waals surface area (Å²) in [5.74, 6) is -1.86. The fourth-order valence-electron chi connectivity index (χ4n) is 2.77. The van der Waals surface area contributed by atoms with Crippen LogP contribution in [0.25, 0.3) is 6.08 Å². The van der Waals surface area contributed by atoms with Gasteiger partial charge in [-0.1, -0.05) is 12.1 Å². The van der Waals surface area contributed by atoms with Crippen molar-refractivity contribution in [3.63, 3.8) is 0 Å². The summed E-state index contributed by atoms with van der Waals surface area (Å²) in [6.45, 7) is 1.47. The summed E-state index contributed by atoms with van der Waals surface area (Å²) in [7, 11) is 0. The molecule has 0 aliphatic carbocycles. The van der Waals surface area contributed by atoms with E-state index < -0.39 is 24.5 Å². The summed E-state index contributed by atoms with van der Waals surface area (Å²) in [6.07, 6.45) is 3.95. The Morgan fingerprint density at radius 1 is 1.17 bits per heavy atom. The fraction of sp³-hybridized carbons (Fsp3) is 0.312. The van der Waals surface area contributed by atoms with Gasteiger partial charge in [-0.2, -0.15) is 0 Å². The second-order valence-electron chi connectivity index (χ2n) is 5.56. The second kappa shape index (κ2) is 6.12. The molecule has 0 aromatic heterocycles. The number of imide groups is 1. The fourth-order valence-corrected chi connectivity index (χ4v) is 2.77. The maximum Gasteiger partial charge on any atom is 0.329 e. The summed E-state index contributed by atoms with van der Waals surface area (Å²) < 4.78 is 0. The Labute approximate surface area is 133 Å². The molecule has 120 valence electrons. The van der Waals surface area contributed by atoms with Crippen LogP contribution in [0.5, 0.6) is 0 Å². The van der Waals surface area contributed by atoms with Crippen LogP contribution < -0.4 is 10.2 Å². The molecule has 0 bridgehead atoms. The van der Waals surface area contributed by atoms with E-state index in [0.29, 0.717) is 4.90 Å². The topological polar surface area (TPSA) is 89.9 Å². The molecule has 2 heterocycles. The van der Waals surface area contributed by atoms with Gasteiger partial charge in [0.05, 0.1) is 0 Å². The van der Waals surface area contributed by atoms with Gasteiger partial charge in [-0.3, -0.25) is 9.59 Å². The van der Waals surface area contributed by atoms with Gasteiger partial charge in [-0.25, -0.2) is 9.69 Å². The van der Waals surface area contributed by atoms with Crippen LogP contribution in [0.1, 0.15) is 18.4 Å². The Morgan fingerprint density at radius 3 is 2.43 bits per heavy atom. The predicted octanol–water partition coefficient (Wildman–Crippen LogP) is 1.26. The molecule has 2 aliphatic heterocycles. The van der Waals surface area contributed by atoms with Crippen LogP contribution in [0.2, 0.25) is 0 Å². The van der Waals surface area contributed by atoms with Crippen LogP contribution in [-0.2, 0) is 9.59 Å². The Bertz CT molecular complexity index is 675. The average Bonchev–Trinajstić information content (AvgIpc) is 3.13. The number of anilines is 1. The van der Waals surface area contributed by atoms with Crippen molar-refractivity contribution >= 4 is 29.7 Å². The van der Waals surface area contributed by atoms with E-state index in [1.54, 1.807) is 6.08 Å². The number of nitrogens with one attached hydrogen (secondary N) is 1. The largest absolute Gasteiger partial charge is 0.480 e. The molecular formula is C16H17N3O4. The number of hydrogen-bond donors (Lipinski definition) is 2. The molecule has 0 atom stereocenters. The van der Waals surface area contributed by atoms with E-state index in [-0.39, 0.29) is 5.70 Å². The molecule has 23 heavy (non-hydrogen) atoms. The van der Waals surface area contributed by atoms with E-state index in [2.05, 4.69) is 10.2 Å². The number of hydrogen-bond acceptors (Lipinski definition) is 4. The van der Waals surface area contributed by atoms with Gasteiger partial charge in [0.25, 0.3) is 5.91 Å². The molecule has 1 aromatic rings. The van der Waals surface area contributed by atoms with E-state index in [0.717, 1.165) is 24.3 Å².